The topological polar surface area (TPSA) is 70.2 Å². The molecule has 7 nitrogen and oxygen atoms in total. The second kappa shape index (κ2) is 10.1. The summed E-state index contributed by atoms with van der Waals surface area (Å²) in [5, 5.41) is 0. The van der Waals surface area contributed by atoms with Gasteiger partial charge in [0.2, 0.25) is 0 Å². The van der Waals surface area contributed by atoms with Crippen LogP contribution in [0.15, 0.2) is 30.3 Å². The number of benzene rings is 2. The Morgan fingerprint density at radius 2 is 1.84 bits per heavy atom. The van der Waals surface area contributed by atoms with Crippen molar-refractivity contribution in [3.63, 3.8) is 0 Å². The maximum absolute atomic E-state index is 6.33. The molecular weight excluding hydrogens is 460 g/mol. The molecule has 2 aromatic heterocycles. The zero-order valence-electron chi connectivity index (χ0n) is 23.1. The third kappa shape index (κ3) is 5.32. The van der Waals surface area contributed by atoms with Crippen LogP contribution in [0.4, 0.5) is 5.82 Å². The standard InChI is InChI=1S/C30H38N6O/c1-18(2)12-25-20(4)31-28(17-35(6)7)34-30(25)36-10-11-37-29-19(3)13-23(14-24(29)16-36)22-8-9-26-27(15-22)33-21(5)32-26/h8-9,13-15,18H,10-12,16-17H2,1-7H3,(H,32,33). The van der Waals surface area contributed by atoms with Gasteiger partial charge in [-0.3, -0.25) is 0 Å². The molecule has 1 aliphatic heterocycles. The molecular formula is C30H38N6O. The van der Waals surface area contributed by atoms with Gasteiger partial charge in [-0.1, -0.05) is 19.9 Å². The van der Waals surface area contributed by atoms with Gasteiger partial charge in [0, 0.05) is 23.4 Å². The van der Waals surface area contributed by atoms with Gasteiger partial charge >= 0.3 is 0 Å². The molecule has 0 spiro atoms. The summed E-state index contributed by atoms with van der Waals surface area (Å²) < 4.78 is 6.33. The van der Waals surface area contributed by atoms with E-state index in [0.717, 1.165) is 77.1 Å². The summed E-state index contributed by atoms with van der Waals surface area (Å²) in [5.74, 6) is 4.35. The predicted octanol–water partition coefficient (Wildman–Crippen LogP) is 5.60. The molecule has 194 valence electrons. The number of rotatable bonds is 6. The third-order valence-corrected chi connectivity index (χ3v) is 6.86. The minimum Gasteiger partial charge on any atom is -0.491 e. The normalized spacial score (nSPS) is 13.8. The van der Waals surface area contributed by atoms with Gasteiger partial charge in [-0.05, 0) is 88.2 Å². The highest BCUT2D eigenvalue weighted by Crippen LogP contribution is 2.36. The number of nitrogens with zero attached hydrogens (tertiary/aromatic N) is 5. The number of aromatic nitrogens is 4. The Balaban J connectivity index is 1.56. The van der Waals surface area contributed by atoms with E-state index in [0.29, 0.717) is 12.5 Å². The molecule has 7 heteroatoms. The summed E-state index contributed by atoms with van der Waals surface area (Å²) in [6.45, 7) is 13.6. The number of ether oxygens (including phenoxy) is 1. The van der Waals surface area contributed by atoms with E-state index in [-0.39, 0.29) is 0 Å². The molecule has 37 heavy (non-hydrogen) atoms. The van der Waals surface area contributed by atoms with Crippen LogP contribution in [-0.2, 0) is 19.5 Å². The zero-order chi connectivity index (χ0) is 26.3. The lowest BCUT2D eigenvalue weighted by molar-refractivity contribution is 0.329. The van der Waals surface area contributed by atoms with Gasteiger partial charge in [-0.2, -0.15) is 0 Å². The van der Waals surface area contributed by atoms with Crippen LogP contribution in [0.3, 0.4) is 0 Å². The summed E-state index contributed by atoms with van der Waals surface area (Å²) in [7, 11) is 4.12. The zero-order valence-corrected chi connectivity index (χ0v) is 23.1. The van der Waals surface area contributed by atoms with Gasteiger partial charge in [0.1, 0.15) is 29.8 Å². The minimum absolute atomic E-state index is 0.519. The molecule has 0 saturated carbocycles. The molecule has 3 heterocycles. The fraction of sp³-hybridized carbons (Fsp3) is 0.433. The predicted molar refractivity (Wildman–Crippen MR) is 150 cm³/mol. The molecule has 1 N–H and O–H groups in total. The van der Waals surface area contributed by atoms with Gasteiger partial charge in [-0.25, -0.2) is 15.0 Å². The first kappa shape index (κ1) is 25.2. The van der Waals surface area contributed by atoms with Gasteiger partial charge in [0.15, 0.2) is 0 Å². The van der Waals surface area contributed by atoms with Gasteiger partial charge < -0.3 is 19.5 Å². The molecule has 0 radical (unpaired) electrons. The number of H-pyrrole nitrogens is 1. The Morgan fingerprint density at radius 1 is 1.03 bits per heavy atom. The van der Waals surface area contributed by atoms with Crippen molar-refractivity contribution in [2.75, 3.05) is 32.1 Å². The smallest absolute Gasteiger partial charge is 0.144 e. The van der Waals surface area contributed by atoms with Crippen LogP contribution in [0.1, 0.15) is 47.9 Å². The van der Waals surface area contributed by atoms with Gasteiger partial charge in [0.25, 0.3) is 0 Å². The SMILES string of the molecule is Cc1nc2cc(-c3cc(C)c4c(c3)CN(c3nc(CN(C)C)nc(C)c3CC(C)C)CCO4)ccc2[nH]1. The van der Waals surface area contributed by atoms with Crippen molar-refractivity contribution in [3.05, 3.63) is 64.4 Å². The highest BCUT2D eigenvalue weighted by molar-refractivity contribution is 5.82. The lowest BCUT2D eigenvalue weighted by atomic mass is 9.98. The highest BCUT2D eigenvalue weighted by Gasteiger charge is 2.24. The van der Waals surface area contributed by atoms with E-state index >= 15 is 0 Å². The number of hydrogen-bond donors (Lipinski definition) is 1. The number of nitrogens with one attached hydrogen (secondary N) is 1. The van der Waals surface area contributed by atoms with Crippen molar-refractivity contribution >= 4 is 16.9 Å². The van der Waals surface area contributed by atoms with Crippen molar-refractivity contribution in [3.8, 4) is 16.9 Å². The number of hydrogen-bond acceptors (Lipinski definition) is 6. The molecule has 0 bridgehead atoms. The van der Waals surface area contributed by atoms with Crippen LogP contribution >= 0.6 is 0 Å². The monoisotopic (exact) mass is 498 g/mol. The van der Waals surface area contributed by atoms with E-state index in [2.05, 4.69) is 91.9 Å². The molecule has 2 aromatic carbocycles. The van der Waals surface area contributed by atoms with Crippen molar-refractivity contribution in [2.24, 2.45) is 5.92 Å². The van der Waals surface area contributed by atoms with Crippen molar-refractivity contribution in [1.82, 2.24) is 24.8 Å². The maximum atomic E-state index is 6.33. The van der Waals surface area contributed by atoms with Crippen LogP contribution in [0.2, 0.25) is 0 Å². The first-order valence-corrected chi connectivity index (χ1v) is 13.2. The van der Waals surface area contributed by atoms with Crippen LogP contribution in [0.25, 0.3) is 22.2 Å². The van der Waals surface area contributed by atoms with E-state index in [1.165, 1.54) is 16.7 Å². The summed E-state index contributed by atoms with van der Waals surface area (Å²) in [6, 6.07) is 10.9. The third-order valence-electron chi connectivity index (χ3n) is 6.86. The summed E-state index contributed by atoms with van der Waals surface area (Å²) in [5.41, 5.74) is 9.05. The second-order valence-electron chi connectivity index (χ2n) is 11.0. The average Bonchev–Trinajstić information content (AvgIpc) is 3.05. The minimum atomic E-state index is 0.519. The number of aromatic amines is 1. The lowest BCUT2D eigenvalue weighted by Crippen LogP contribution is -2.29. The Kier molecular flexibility index (Phi) is 6.90. The van der Waals surface area contributed by atoms with Crippen molar-refractivity contribution < 1.29 is 4.74 Å². The van der Waals surface area contributed by atoms with E-state index in [9.17, 15) is 0 Å². The van der Waals surface area contributed by atoms with E-state index in [4.69, 9.17) is 14.7 Å². The van der Waals surface area contributed by atoms with E-state index in [1.54, 1.807) is 0 Å². The quantitative estimate of drug-likeness (QED) is 0.373. The van der Waals surface area contributed by atoms with Crippen LogP contribution < -0.4 is 9.64 Å². The number of fused-ring (bicyclic) bond motifs is 2. The summed E-state index contributed by atoms with van der Waals surface area (Å²) >= 11 is 0. The summed E-state index contributed by atoms with van der Waals surface area (Å²) in [6.07, 6.45) is 0.954. The molecule has 1 aliphatic rings. The number of anilines is 1. The largest absolute Gasteiger partial charge is 0.491 e. The number of aryl methyl sites for hydroxylation is 3. The Hall–Kier alpha value is -3.45. The van der Waals surface area contributed by atoms with E-state index in [1.807, 2.05) is 6.92 Å². The molecule has 0 atom stereocenters. The molecule has 5 rings (SSSR count). The molecule has 0 unspecified atom stereocenters. The molecule has 0 fully saturated rings. The van der Waals surface area contributed by atoms with Crippen molar-refractivity contribution in [1.29, 1.82) is 0 Å². The van der Waals surface area contributed by atoms with Gasteiger partial charge in [0.05, 0.1) is 24.1 Å². The molecule has 4 aromatic rings. The van der Waals surface area contributed by atoms with Crippen LogP contribution in [-0.4, -0.2) is 52.1 Å². The molecule has 0 saturated heterocycles. The fourth-order valence-electron chi connectivity index (χ4n) is 5.27. The Morgan fingerprint density at radius 3 is 2.59 bits per heavy atom. The van der Waals surface area contributed by atoms with Crippen LogP contribution in [0, 0.1) is 26.7 Å². The highest BCUT2D eigenvalue weighted by atomic mass is 16.5. The Labute approximate surface area is 219 Å². The molecule has 0 aliphatic carbocycles. The average molecular weight is 499 g/mol. The van der Waals surface area contributed by atoms with Gasteiger partial charge in [-0.15, -0.1) is 0 Å². The first-order chi connectivity index (χ1) is 17.7. The molecule has 0 amide bonds. The Bertz CT molecular complexity index is 1440. The second-order valence-corrected chi connectivity index (χ2v) is 11.0. The maximum Gasteiger partial charge on any atom is 0.144 e. The number of imidazole rings is 1. The fourth-order valence-corrected chi connectivity index (χ4v) is 5.27. The first-order valence-electron chi connectivity index (χ1n) is 13.2. The summed E-state index contributed by atoms with van der Waals surface area (Å²) in [4.78, 5) is 22.4. The van der Waals surface area contributed by atoms with E-state index < -0.39 is 0 Å². The van der Waals surface area contributed by atoms with Crippen LogP contribution in [0.5, 0.6) is 5.75 Å². The van der Waals surface area contributed by atoms with Crippen molar-refractivity contribution in [2.45, 2.75) is 54.1 Å². The lowest BCUT2D eigenvalue weighted by Gasteiger charge is -2.26.